The Labute approximate surface area is 157 Å². The number of benzene rings is 2. The summed E-state index contributed by atoms with van der Waals surface area (Å²) < 4.78 is 38.3. The van der Waals surface area contributed by atoms with Crippen LogP contribution in [0.1, 0.15) is 12.5 Å². The second kappa shape index (κ2) is 7.83. The summed E-state index contributed by atoms with van der Waals surface area (Å²) in [4.78, 5) is 16.6. The molecule has 3 aromatic rings. The molecule has 0 fully saturated rings. The zero-order chi connectivity index (χ0) is 19.4. The first kappa shape index (κ1) is 19.0. The Bertz CT molecular complexity index is 928. The molecule has 0 bridgehead atoms. The van der Waals surface area contributed by atoms with Gasteiger partial charge >= 0.3 is 6.18 Å². The SMILES string of the molecule is C[C@@H](Sc1n[nH]c(-c2ccccc2)n1)C(=O)Nc1cccc(C(F)(F)F)c1. The minimum absolute atomic E-state index is 0.0854. The fraction of sp³-hybridized carbons (Fsp3) is 0.167. The Morgan fingerprint density at radius 2 is 1.89 bits per heavy atom. The van der Waals surface area contributed by atoms with E-state index in [0.29, 0.717) is 11.0 Å². The van der Waals surface area contributed by atoms with Gasteiger partial charge in [0.25, 0.3) is 0 Å². The smallest absolute Gasteiger partial charge is 0.325 e. The van der Waals surface area contributed by atoms with E-state index in [1.807, 2.05) is 30.3 Å². The van der Waals surface area contributed by atoms with E-state index in [4.69, 9.17) is 0 Å². The van der Waals surface area contributed by atoms with E-state index in [2.05, 4.69) is 20.5 Å². The maximum absolute atomic E-state index is 12.8. The maximum Gasteiger partial charge on any atom is 0.416 e. The number of hydrogen-bond donors (Lipinski definition) is 2. The van der Waals surface area contributed by atoms with Crippen LogP contribution in [0.4, 0.5) is 18.9 Å². The van der Waals surface area contributed by atoms with Crippen LogP contribution in [0.3, 0.4) is 0 Å². The molecule has 3 rings (SSSR count). The van der Waals surface area contributed by atoms with Gasteiger partial charge in [0.1, 0.15) is 0 Å². The molecular formula is C18H15F3N4OS. The first-order valence-electron chi connectivity index (χ1n) is 7.95. The van der Waals surface area contributed by atoms with Crippen molar-refractivity contribution in [3.05, 3.63) is 60.2 Å². The molecule has 140 valence electrons. The molecule has 1 aromatic heterocycles. The molecule has 5 nitrogen and oxygen atoms in total. The van der Waals surface area contributed by atoms with Crippen LogP contribution in [0, 0.1) is 0 Å². The normalized spacial score (nSPS) is 12.6. The van der Waals surface area contributed by atoms with Crippen molar-refractivity contribution in [2.24, 2.45) is 0 Å². The van der Waals surface area contributed by atoms with Crippen molar-refractivity contribution in [1.29, 1.82) is 0 Å². The summed E-state index contributed by atoms with van der Waals surface area (Å²) in [6, 6.07) is 13.9. The Balaban J connectivity index is 1.64. The summed E-state index contributed by atoms with van der Waals surface area (Å²) in [6.45, 7) is 1.63. The lowest BCUT2D eigenvalue weighted by molar-refractivity contribution is -0.137. The van der Waals surface area contributed by atoms with Gasteiger partial charge in [-0.25, -0.2) is 4.98 Å². The summed E-state index contributed by atoms with van der Waals surface area (Å²) in [6.07, 6.45) is -4.46. The highest BCUT2D eigenvalue weighted by Crippen LogP contribution is 2.31. The van der Waals surface area contributed by atoms with Gasteiger partial charge in [-0.3, -0.25) is 9.89 Å². The molecule has 0 spiro atoms. The molecule has 0 aliphatic heterocycles. The van der Waals surface area contributed by atoms with E-state index in [0.717, 1.165) is 29.5 Å². The van der Waals surface area contributed by atoms with Crippen LogP contribution >= 0.6 is 11.8 Å². The molecule has 0 aliphatic rings. The number of nitrogens with zero attached hydrogens (tertiary/aromatic N) is 2. The van der Waals surface area contributed by atoms with Crippen molar-refractivity contribution >= 4 is 23.4 Å². The van der Waals surface area contributed by atoms with Crippen molar-refractivity contribution in [2.75, 3.05) is 5.32 Å². The molecule has 1 amide bonds. The molecule has 0 unspecified atom stereocenters. The predicted octanol–water partition coefficient (Wildman–Crippen LogP) is 4.61. The Kier molecular flexibility index (Phi) is 5.50. The van der Waals surface area contributed by atoms with Gasteiger partial charge < -0.3 is 5.32 Å². The third-order valence-corrected chi connectivity index (χ3v) is 4.58. The van der Waals surface area contributed by atoms with Gasteiger partial charge in [-0.05, 0) is 25.1 Å². The summed E-state index contributed by atoms with van der Waals surface area (Å²) in [7, 11) is 0. The van der Waals surface area contributed by atoms with E-state index in [1.165, 1.54) is 12.1 Å². The fourth-order valence-electron chi connectivity index (χ4n) is 2.25. The Hall–Kier alpha value is -2.81. The summed E-state index contributed by atoms with van der Waals surface area (Å²) >= 11 is 1.11. The lowest BCUT2D eigenvalue weighted by Gasteiger charge is -2.12. The van der Waals surface area contributed by atoms with Crippen molar-refractivity contribution in [1.82, 2.24) is 15.2 Å². The van der Waals surface area contributed by atoms with Crippen LogP contribution in [0.2, 0.25) is 0 Å². The van der Waals surface area contributed by atoms with Crippen molar-refractivity contribution in [3.8, 4) is 11.4 Å². The van der Waals surface area contributed by atoms with Crippen molar-refractivity contribution in [2.45, 2.75) is 23.5 Å². The van der Waals surface area contributed by atoms with Crippen LogP contribution in [0.15, 0.2) is 59.8 Å². The van der Waals surface area contributed by atoms with Gasteiger partial charge in [0.05, 0.1) is 10.8 Å². The third-order valence-electron chi connectivity index (χ3n) is 3.62. The molecule has 0 saturated heterocycles. The number of nitrogens with one attached hydrogen (secondary N) is 2. The summed E-state index contributed by atoms with van der Waals surface area (Å²) in [5.74, 6) is 0.133. The largest absolute Gasteiger partial charge is 0.416 e. The zero-order valence-electron chi connectivity index (χ0n) is 14.1. The standard InChI is InChI=1S/C18H15F3N4OS/c1-11(16(26)22-14-9-5-8-13(10-14)18(19,20)21)27-17-23-15(24-25-17)12-6-3-2-4-7-12/h2-11H,1H3,(H,22,26)(H,23,24,25)/t11-/m1/s1. The number of hydrogen-bond acceptors (Lipinski definition) is 4. The average Bonchev–Trinajstić information content (AvgIpc) is 3.10. The molecule has 1 atom stereocenters. The zero-order valence-corrected chi connectivity index (χ0v) is 14.9. The second-order valence-electron chi connectivity index (χ2n) is 5.66. The van der Waals surface area contributed by atoms with Gasteiger partial charge in [-0.1, -0.05) is 48.2 Å². The Morgan fingerprint density at radius 1 is 1.15 bits per heavy atom. The number of alkyl halides is 3. The summed E-state index contributed by atoms with van der Waals surface area (Å²) in [5.41, 5.74) is 0.127. The van der Waals surface area contributed by atoms with Crippen molar-refractivity contribution in [3.63, 3.8) is 0 Å². The predicted molar refractivity (Wildman–Crippen MR) is 97.2 cm³/mol. The minimum Gasteiger partial charge on any atom is -0.325 e. The van der Waals surface area contributed by atoms with Gasteiger partial charge in [0.15, 0.2) is 5.82 Å². The maximum atomic E-state index is 12.8. The highest BCUT2D eigenvalue weighted by Gasteiger charge is 2.30. The van der Waals surface area contributed by atoms with Crippen LogP contribution in [0.25, 0.3) is 11.4 Å². The molecule has 0 saturated carbocycles. The molecule has 0 aliphatic carbocycles. The van der Waals surface area contributed by atoms with E-state index in [9.17, 15) is 18.0 Å². The number of rotatable bonds is 5. The first-order chi connectivity index (χ1) is 12.8. The lowest BCUT2D eigenvalue weighted by Crippen LogP contribution is -2.22. The van der Waals surface area contributed by atoms with Gasteiger partial charge in [0.2, 0.25) is 11.1 Å². The highest BCUT2D eigenvalue weighted by atomic mass is 32.2. The number of anilines is 1. The number of H-pyrrole nitrogens is 1. The monoisotopic (exact) mass is 392 g/mol. The Morgan fingerprint density at radius 3 is 2.59 bits per heavy atom. The topological polar surface area (TPSA) is 70.7 Å². The molecule has 9 heteroatoms. The molecule has 2 aromatic carbocycles. The fourth-order valence-corrected chi connectivity index (χ4v) is 2.98. The van der Waals surface area contributed by atoms with E-state index < -0.39 is 22.9 Å². The number of thioether (sulfide) groups is 1. The number of aromatic nitrogens is 3. The molecule has 0 radical (unpaired) electrons. The first-order valence-corrected chi connectivity index (χ1v) is 8.83. The van der Waals surface area contributed by atoms with E-state index >= 15 is 0 Å². The number of halogens is 3. The minimum atomic E-state index is -4.46. The molecule has 1 heterocycles. The van der Waals surface area contributed by atoms with Gasteiger partial charge in [-0.2, -0.15) is 13.2 Å². The van der Waals surface area contributed by atoms with E-state index in [-0.39, 0.29) is 5.69 Å². The van der Waals surface area contributed by atoms with Crippen LogP contribution in [-0.4, -0.2) is 26.3 Å². The molecular weight excluding hydrogens is 377 g/mol. The quantitative estimate of drug-likeness (QED) is 0.622. The molecule has 27 heavy (non-hydrogen) atoms. The van der Waals surface area contributed by atoms with Crippen molar-refractivity contribution < 1.29 is 18.0 Å². The van der Waals surface area contributed by atoms with Gasteiger partial charge in [0, 0.05) is 11.3 Å². The van der Waals surface area contributed by atoms with Crippen LogP contribution in [-0.2, 0) is 11.0 Å². The highest BCUT2D eigenvalue weighted by molar-refractivity contribution is 8.00. The summed E-state index contributed by atoms with van der Waals surface area (Å²) in [5, 5.41) is 9.13. The van der Waals surface area contributed by atoms with Crippen LogP contribution in [0.5, 0.6) is 0 Å². The third kappa shape index (κ3) is 4.88. The number of carbonyl (C=O) groups is 1. The second-order valence-corrected chi connectivity index (χ2v) is 6.97. The average molecular weight is 392 g/mol. The van der Waals surface area contributed by atoms with Gasteiger partial charge in [-0.15, -0.1) is 5.10 Å². The number of carbonyl (C=O) groups excluding carboxylic acids is 1. The number of aromatic amines is 1. The molecule has 2 N–H and O–H groups in total. The van der Waals surface area contributed by atoms with E-state index in [1.54, 1.807) is 6.92 Å². The lowest BCUT2D eigenvalue weighted by atomic mass is 10.2. The van der Waals surface area contributed by atoms with Crippen LogP contribution < -0.4 is 5.32 Å². The number of amides is 1.